The van der Waals surface area contributed by atoms with E-state index in [9.17, 15) is 18.0 Å². The van der Waals surface area contributed by atoms with Crippen LogP contribution in [0.1, 0.15) is 31.4 Å². The molecule has 0 fully saturated rings. The van der Waals surface area contributed by atoms with Crippen molar-refractivity contribution in [1.82, 2.24) is 10.2 Å². The second-order valence-corrected chi connectivity index (χ2v) is 12.1. The molecule has 0 aliphatic rings. The Hall–Kier alpha value is -3.57. The van der Waals surface area contributed by atoms with Gasteiger partial charge in [0, 0.05) is 13.1 Å². The van der Waals surface area contributed by atoms with Crippen LogP contribution < -0.4 is 19.1 Å². The molecule has 0 radical (unpaired) electrons. The van der Waals surface area contributed by atoms with Crippen LogP contribution in [0.15, 0.2) is 76.1 Å². The number of rotatable bonds is 13. The summed E-state index contributed by atoms with van der Waals surface area (Å²) in [4.78, 5) is 28.6. The Morgan fingerprint density at radius 2 is 1.68 bits per heavy atom. The molecule has 0 heterocycles. The number of aryl methyl sites for hydroxylation is 1. The monoisotopic (exact) mass is 645 g/mol. The molecule has 3 aromatic rings. The smallest absolute Gasteiger partial charge is 0.264 e. The highest BCUT2D eigenvalue weighted by molar-refractivity contribution is 9.10. The Bertz CT molecular complexity index is 1460. The van der Waals surface area contributed by atoms with E-state index in [1.54, 1.807) is 62.6 Å². The quantitative estimate of drug-likeness (QED) is 0.283. The lowest BCUT2D eigenvalue weighted by Gasteiger charge is -2.33. The predicted molar refractivity (Wildman–Crippen MR) is 163 cm³/mol. The number of hydrogen-bond donors (Lipinski definition) is 1. The van der Waals surface area contributed by atoms with E-state index in [0.717, 1.165) is 15.4 Å². The molecule has 220 valence electrons. The first-order valence-corrected chi connectivity index (χ1v) is 15.4. The molecule has 0 aliphatic heterocycles. The zero-order valence-corrected chi connectivity index (χ0v) is 26.3. The van der Waals surface area contributed by atoms with Crippen LogP contribution in [0.4, 0.5) is 5.69 Å². The van der Waals surface area contributed by atoms with Gasteiger partial charge in [-0.25, -0.2) is 8.42 Å². The van der Waals surface area contributed by atoms with Crippen molar-refractivity contribution >= 4 is 43.5 Å². The number of sulfonamides is 1. The topological polar surface area (TPSA) is 105 Å². The van der Waals surface area contributed by atoms with Gasteiger partial charge in [0.05, 0.1) is 29.3 Å². The molecule has 0 aliphatic carbocycles. The largest absolute Gasteiger partial charge is 0.497 e. The van der Waals surface area contributed by atoms with E-state index in [-0.39, 0.29) is 17.3 Å². The van der Waals surface area contributed by atoms with Gasteiger partial charge in [-0.1, -0.05) is 36.8 Å². The fraction of sp³-hybridized carbons (Fsp3) is 0.333. The van der Waals surface area contributed by atoms with Crippen molar-refractivity contribution in [2.75, 3.05) is 31.6 Å². The lowest BCUT2D eigenvalue weighted by Crippen LogP contribution is -2.52. The molecule has 9 nitrogen and oxygen atoms in total. The van der Waals surface area contributed by atoms with Crippen molar-refractivity contribution < 1.29 is 27.5 Å². The van der Waals surface area contributed by atoms with Gasteiger partial charge >= 0.3 is 0 Å². The molecule has 0 spiro atoms. The highest BCUT2D eigenvalue weighted by Gasteiger charge is 2.34. The molecule has 0 saturated carbocycles. The number of likely N-dealkylation sites (N-methyl/N-ethyl adjacent to an activating group) is 1. The molecular formula is C30H36BrN3O6S. The second-order valence-electron chi connectivity index (χ2n) is 9.34. The zero-order chi connectivity index (χ0) is 30.2. The van der Waals surface area contributed by atoms with Gasteiger partial charge in [0.25, 0.3) is 10.0 Å². The average Bonchev–Trinajstić information content (AvgIpc) is 2.96. The van der Waals surface area contributed by atoms with E-state index in [2.05, 4.69) is 21.2 Å². The van der Waals surface area contributed by atoms with E-state index in [1.807, 2.05) is 19.9 Å². The van der Waals surface area contributed by atoms with Crippen LogP contribution >= 0.6 is 15.9 Å². The first kappa shape index (κ1) is 32.0. The minimum absolute atomic E-state index is 0.0198. The molecule has 3 aromatic carbocycles. The number of benzene rings is 3. The second kappa shape index (κ2) is 14.4. The first-order valence-electron chi connectivity index (χ1n) is 13.2. The van der Waals surface area contributed by atoms with Crippen molar-refractivity contribution in [3.05, 3.63) is 82.3 Å². The first-order chi connectivity index (χ1) is 19.5. The Kier molecular flexibility index (Phi) is 11.2. The van der Waals surface area contributed by atoms with Crippen molar-refractivity contribution in [3.63, 3.8) is 0 Å². The molecular weight excluding hydrogens is 610 g/mol. The van der Waals surface area contributed by atoms with Crippen LogP contribution in [-0.4, -0.2) is 58.5 Å². The minimum Gasteiger partial charge on any atom is -0.497 e. The van der Waals surface area contributed by atoms with E-state index in [0.29, 0.717) is 34.6 Å². The third-order valence-corrected chi connectivity index (χ3v) is 8.93. The molecule has 2 amide bonds. The summed E-state index contributed by atoms with van der Waals surface area (Å²) in [7, 11) is -1.17. The van der Waals surface area contributed by atoms with Gasteiger partial charge in [0.15, 0.2) is 0 Å². The zero-order valence-electron chi connectivity index (χ0n) is 23.9. The summed E-state index contributed by atoms with van der Waals surface area (Å²) in [6.45, 7) is 5.47. The minimum atomic E-state index is -4.21. The number of carbonyl (C=O) groups excluding carboxylic acids is 2. The maximum absolute atomic E-state index is 14.1. The van der Waals surface area contributed by atoms with Crippen LogP contribution in [0, 0.1) is 6.92 Å². The summed E-state index contributed by atoms with van der Waals surface area (Å²) in [5, 5.41) is 2.80. The Balaban J connectivity index is 2.08. The molecule has 1 N–H and O–H groups in total. The number of halogens is 1. The lowest BCUT2D eigenvalue weighted by atomic mass is 10.1. The van der Waals surface area contributed by atoms with Crippen LogP contribution in [0.25, 0.3) is 0 Å². The number of ether oxygens (including phenoxy) is 2. The Morgan fingerprint density at radius 3 is 2.27 bits per heavy atom. The fourth-order valence-corrected chi connectivity index (χ4v) is 6.49. The van der Waals surface area contributed by atoms with Gasteiger partial charge in [-0.3, -0.25) is 13.9 Å². The summed E-state index contributed by atoms with van der Waals surface area (Å²) < 4.78 is 40.2. The van der Waals surface area contributed by atoms with Crippen molar-refractivity contribution in [3.8, 4) is 11.5 Å². The van der Waals surface area contributed by atoms with E-state index < -0.39 is 28.5 Å². The van der Waals surface area contributed by atoms with Gasteiger partial charge in [-0.15, -0.1) is 0 Å². The highest BCUT2D eigenvalue weighted by atomic mass is 79.9. The Morgan fingerprint density at radius 1 is 0.976 bits per heavy atom. The third-order valence-electron chi connectivity index (χ3n) is 6.54. The van der Waals surface area contributed by atoms with Crippen LogP contribution in [0.3, 0.4) is 0 Å². The number of nitrogens with zero attached hydrogens (tertiary/aromatic N) is 2. The standard InChI is InChI=1S/C30H36BrN3O6S/c1-6-27(30(36)32-7-2)33(19-22-9-8-10-24(17-22)39-4)29(35)20-34(23-13-11-21(3)12-14-23)41(37,38)25-15-16-28(40-5)26(31)18-25/h8-18,27H,6-7,19-20H2,1-5H3,(H,32,36)/t27-/m1/s1. The number of anilines is 1. The van der Waals surface area contributed by atoms with E-state index in [4.69, 9.17) is 9.47 Å². The highest BCUT2D eigenvalue weighted by Crippen LogP contribution is 2.31. The molecule has 0 saturated heterocycles. The van der Waals surface area contributed by atoms with Crippen molar-refractivity contribution in [2.24, 2.45) is 0 Å². The van der Waals surface area contributed by atoms with Gasteiger partial charge in [0.1, 0.15) is 24.1 Å². The van der Waals surface area contributed by atoms with Crippen molar-refractivity contribution in [1.29, 1.82) is 0 Å². The number of hydrogen-bond acceptors (Lipinski definition) is 6. The maximum Gasteiger partial charge on any atom is 0.264 e. The molecule has 0 aromatic heterocycles. The van der Waals surface area contributed by atoms with E-state index in [1.165, 1.54) is 24.1 Å². The van der Waals surface area contributed by atoms with E-state index >= 15 is 0 Å². The van der Waals surface area contributed by atoms with Gasteiger partial charge < -0.3 is 19.7 Å². The number of carbonyl (C=O) groups is 2. The summed E-state index contributed by atoms with van der Waals surface area (Å²) in [6.07, 6.45) is 0.338. The van der Waals surface area contributed by atoms with Crippen LogP contribution in [0.5, 0.6) is 11.5 Å². The SMILES string of the molecule is CCNC(=O)[C@@H](CC)N(Cc1cccc(OC)c1)C(=O)CN(c1ccc(C)cc1)S(=O)(=O)c1ccc(OC)c(Br)c1. The average molecular weight is 647 g/mol. The predicted octanol–water partition coefficient (Wildman–Crippen LogP) is 4.91. The van der Waals surface area contributed by atoms with Gasteiger partial charge in [0.2, 0.25) is 11.8 Å². The number of nitrogens with one attached hydrogen (secondary N) is 1. The summed E-state index contributed by atoms with van der Waals surface area (Å²) >= 11 is 3.36. The summed E-state index contributed by atoms with van der Waals surface area (Å²) in [5.74, 6) is 0.242. The maximum atomic E-state index is 14.1. The number of amides is 2. The van der Waals surface area contributed by atoms with Gasteiger partial charge in [-0.05, 0) is 84.2 Å². The van der Waals surface area contributed by atoms with Crippen LogP contribution in [-0.2, 0) is 26.2 Å². The molecule has 0 unspecified atom stereocenters. The Labute approximate surface area is 250 Å². The number of methoxy groups -OCH3 is 2. The van der Waals surface area contributed by atoms with Gasteiger partial charge in [-0.2, -0.15) is 0 Å². The molecule has 1 atom stereocenters. The third kappa shape index (κ3) is 7.80. The molecule has 0 bridgehead atoms. The molecule has 3 rings (SSSR count). The molecule has 41 heavy (non-hydrogen) atoms. The summed E-state index contributed by atoms with van der Waals surface area (Å²) in [5.41, 5.74) is 2.00. The fourth-order valence-electron chi connectivity index (χ4n) is 4.35. The van der Waals surface area contributed by atoms with Crippen molar-refractivity contribution in [2.45, 2.75) is 44.7 Å². The lowest BCUT2D eigenvalue weighted by molar-refractivity contribution is -0.140. The molecule has 11 heteroatoms. The van der Waals surface area contributed by atoms with Crippen LogP contribution in [0.2, 0.25) is 0 Å². The summed E-state index contributed by atoms with van der Waals surface area (Å²) in [6, 6.07) is 17.7. The normalized spacial score (nSPS) is 11.9.